The Hall–Kier alpha value is -2.77. The number of rotatable bonds is 10. The molecule has 37 heavy (non-hydrogen) atoms. The maximum absolute atomic E-state index is 14.1. The van der Waals surface area contributed by atoms with Gasteiger partial charge in [0.15, 0.2) is 0 Å². The second-order valence-electron chi connectivity index (χ2n) is 11.1. The highest BCUT2D eigenvalue weighted by molar-refractivity contribution is 6.31. The van der Waals surface area contributed by atoms with E-state index in [0.717, 1.165) is 47.8 Å². The van der Waals surface area contributed by atoms with Gasteiger partial charge in [-0.15, -0.1) is 0 Å². The summed E-state index contributed by atoms with van der Waals surface area (Å²) in [6.07, 6.45) is 4.98. The van der Waals surface area contributed by atoms with Gasteiger partial charge in [-0.25, -0.2) is 4.39 Å². The summed E-state index contributed by atoms with van der Waals surface area (Å²) in [5.41, 5.74) is 3.45. The summed E-state index contributed by atoms with van der Waals surface area (Å²) in [6, 6.07) is 11.7. The van der Waals surface area contributed by atoms with Crippen molar-refractivity contribution in [2.24, 2.45) is 0 Å². The average molecular weight is 526 g/mol. The third-order valence-corrected chi connectivity index (χ3v) is 8.61. The molecule has 4 rings (SSSR count). The number of halogens is 2. The van der Waals surface area contributed by atoms with Crippen molar-refractivity contribution >= 4 is 35.7 Å². The molecule has 0 radical (unpaired) electrons. The van der Waals surface area contributed by atoms with Crippen molar-refractivity contribution in [3.05, 3.63) is 63.7 Å². The van der Waals surface area contributed by atoms with Gasteiger partial charge in [0.1, 0.15) is 18.3 Å². The van der Waals surface area contributed by atoms with Gasteiger partial charge in [-0.1, -0.05) is 23.7 Å². The number of benzene rings is 2. The summed E-state index contributed by atoms with van der Waals surface area (Å²) in [5.74, 6) is 0.219. The first-order valence-electron chi connectivity index (χ1n) is 12.9. The Labute approximate surface area is 224 Å². The van der Waals surface area contributed by atoms with Crippen LogP contribution in [0.4, 0.5) is 10.1 Å². The molecule has 0 unspecified atom stereocenters. The number of hydrogen-bond acceptors (Lipinski definition) is 5. The first kappa shape index (κ1) is 27.3. The normalized spacial score (nSPS) is 22.8. The van der Waals surface area contributed by atoms with Gasteiger partial charge in [-0.3, -0.25) is 15.6 Å². The van der Waals surface area contributed by atoms with Crippen molar-refractivity contribution in [2.75, 3.05) is 19.0 Å². The molecule has 2 aromatic rings. The van der Waals surface area contributed by atoms with Crippen LogP contribution in [0, 0.1) is 10.8 Å². The molecule has 0 aliphatic heterocycles. The largest absolute Gasteiger partial charge is 0.370 e. The molecule has 2 aromatic carbocycles. The van der Waals surface area contributed by atoms with E-state index < -0.39 is 11.6 Å². The van der Waals surface area contributed by atoms with Crippen LogP contribution in [0.25, 0.3) is 0 Å². The van der Waals surface area contributed by atoms with E-state index >= 15 is 0 Å². The summed E-state index contributed by atoms with van der Waals surface area (Å²) in [6.45, 7) is 4.76. The zero-order chi connectivity index (χ0) is 27.0. The molecule has 0 spiro atoms. The molecular weight excluding hydrogens is 489 g/mol. The van der Waals surface area contributed by atoms with Gasteiger partial charge in [0.25, 0.3) is 0 Å². The first-order chi connectivity index (χ1) is 17.5. The second kappa shape index (κ2) is 10.5. The zero-order valence-electron chi connectivity index (χ0n) is 22.1. The first-order valence-corrected chi connectivity index (χ1v) is 13.2. The molecule has 2 aliphatic carbocycles. The molecule has 0 heterocycles. The number of alkyl halides is 1. The molecular formula is C29H37ClFN5O. The molecule has 0 amide bonds. The number of carbonyl (C=O) groups excluding carboxylic acids is 1. The van der Waals surface area contributed by atoms with Gasteiger partial charge < -0.3 is 15.1 Å². The lowest BCUT2D eigenvalue weighted by Gasteiger charge is -2.46. The van der Waals surface area contributed by atoms with E-state index in [9.17, 15) is 9.18 Å². The van der Waals surface area contributed by atoms with Gasteiger partial charge in [0.05, 0.1) is 11.8 Å². The number of carbonyl (C=O) groups is 1. The monoisotopic (exact) mass is 525 g/mol. The van der Waals surface area contributed by atoms with Crippen LogP contribution in [-0.4, -0.2) is 49.2 Å². The maximum Gasteiger partial charge on any atom is 0.150 e. The van der Waals surface area contributed by atoms with E-state index in [1.165, 1.54) is 11.3 Å². The van der Waals surface area contributed by atoms with Crippen molar-refractivity contribution in [1.29, 1.82) is 10.8 Å². The minimum Gasteiger partial charge on any atom is -0.370 e. The molecule has 0 bridgehead atoms. The lowest BCUT2D eigenvalue weighted by molar-refractivity contribution is 0.112. The van der Waals surface area contributed by atoms with Gasteiger partial charge in [0, 0.05) is 54.1 Å². The minimum atomic E-state index is -0.961. The van der Waals surface area contributed by atoms with Crippen LogP contribution in [0.2, 0.25) is 5.02 Å². The highest BCUT2D eigenvalue weighted by Gasteiger charge is 2.50. The van der Waals surface area contributed by atoms with Crippen LogP contribution in [0.3, 0.4) is 0 Å². The Morgan fingerprint density at radius 2 is 1.97 bits per heavy atom. The Kier molecular flexibility index (Phi) is 7.77. The van der Waals surface area contributed by atoms with E-state index in [0.29, 0.717) is 17.1 Å². The van der Waals surface area contributed by atoms with E-state index in [4.69, 9.17) is 22.4 Å². The third-order valence-electron chi connectivity index (χ3n) is 8.28. The van der Waals surface area contributed by atoms with Gasteiger partial charge in [-0.2, -0.15) is 0 Å². The summed E-state index contributed by atoms with van der Waals surface area (Å²) >= 11 is 6.74. The highest BCUT2D eigenvalue weighted by Crippen LogP contribution is 2.47. The third kappa shape index (κ3) is 5.30. The number of anilines is 1. The van der Waals surface area contributed by atoms with Crippen molar-refractivity contribution in [3.8, 4) is 0 Å². The summed E-state index contributed by atoms with van der Waals surface area (Å²) in [7, 11) is 3.58. The van der Waals surface area contributed by atoms with Crippen molar-refractivity contribution in [1.82, 2.24) is 10.2 Å². The SMILES string of the molecule is C[C@H](NC1(C)CCC1)c1cc(Cl)c(CN(C)c2cccc(C3(C(=N)N(C)C=N)CC(F)C3)c2)c(C=O)c1. The fraction of sp³-hybridized carbons (Fsp3) is 0.483. The van der Waals surface area contributed by atoms with Crippen LogP contribution < -0.4 is 10.2 Å². The topological polar surface area (TPSA) is 83.3 Å². The highest BCUT2D eigenvalue weighted by atomic mass is 35.5. The van der Waals surface area contributed by atoms with E-state index in [1.54, 1.807) is 7.05 Å². The average Bonchev–Trinajstić information content (AvgIpc) is 2.85. The number of likely N-dealkylation sites (N-methyl/N-ethyl adjacent to an activating group) is 1. The number of aldehydes is 1. The number of hydrogen-bond donors (Lipinski definition) is 3. The lowest BCUT2D eigenvalue weighted by atomic mass is 9.62. The smallest absolute Gasteiger partial charge is 0.150 e. The fourth-order valence-electron chi connectivity index (χ4n) is 5.69. The van der Waals surface area contributed by atoms with Crippen LogP contribution in [-0.2, 0) is 12.0 Å². The number of amidine groups is 1. The van der Waals surface area contributed by atoms with Gasteiger partial charge in [-0.05, 0) is 81.3 Å². The standard InChI is InChI=1S/C29H37ClFN5O/c1-19(34-28(2)9-6-10-28)20-11-21(17-37)25(26(30)12-20)16-35(3)24-8-5-7-22(13-24)29(14-23(31)15-29)27(33)36(4)18-32/h5,7-8,11-13,17-19,23,32-34H,6,9-10,14-16H2,1-4H3/t19-,23?,29?/m0/s1. The van der Waals surface area contributed by atoms with E-state index in [1.807, 2.05) is 48.3 Å². The van der Waals surface area contributed by atoms with Crippen molar-refractivity contribution in [3.63, 3.8) is 0 Å². The van der Waals surface area contributed by atoms with Gasteiger partial charge >= 0.3 is 0 Å². The zero-order valence-corrected chi connectivity index (χ0v) is 22.8. The minimum absolute atomic E-state index is 0.0809. The molecule has 2 saturated carbocycles. The molecule has 6 nitrogen and oxygen atoms in total. The van der Waals surface area contributed by atoms with Gasteiger partial charge in [0.2, 0.25) is 0 Å². The molecule has 0 aromatic heterocycles. The second-order valence-corrected chi connectivity index (χ2v) is 11.5. The van der Waals surface area contributed by atoms with Crippen LogP contribution in [0.1, 0.15) is 79.0 Å². The number of nitrogens with one attached hydrogen (secondary N) is 3. The Bertz CT molecular complexity index is 1190. The van der Waals surface area contributed by atoms with Crippen LogP contribution in [0.15, 0.2) is 36.4 Å². The predicted molar refractivity (Wildman–Crippen MR) is 149 cm³/mol. The van der Waals surface area contributed by atoms with Crippen LogP contribution >= 0.6 is 11.6 Å². The van der Waals surface area contributed by atoms with E-state index in [-0.39, 0.29) is 30.3 Å². The Balaban J connectivity index is 1.57. The Morgan fingerprint density at radius 1 is 1.27 bits per heavy atom. The molecule has 198 valence electrons. The summed E-state index contributed by atoms with van der Waals surface area (Å²) in [5, 5.41) is 20.4. The van der Waals surface area contributed by atoms with Crippen molar-refractivity contribution < 1.29 is 9.18 Å². The number of nitrogens with zero attached hydrogens (tertiary/aromatic N) is 2. The molecule has 1 atom stereocenters. The van der Waals surface area contributed by atoms with Crippen molar-refractivity contribution in [2.45, 2.75) is 75.7 Å². The maximum atomic E-state index is 14.1. The Morgan fingerprint density at radius 3 is 2.54 bits per heavy atom. The molecule has 0 saturated heterocycles. The molecule has 2 fully saturated rings. The molecule has 2 aliphatic rings. The summed E-state index contributed by atoms with van der Waals surface area (Å²) in [4.78, 5) is 15.5. The van der Waals surface area contributed by atoms with Crippen LogP contribution in [0.5, 0.6) is 0 Å². The molecule has 3 N–H and O–H groups in total. The quantitative estimate of drug-likeness (QED) is 0.194. The van der Waals surface area contributed by atoms with E-state index in [2.05, 4.69) is 19.2 Å². The lowest BCUT2D eigenvalue weighted by Crippen LogP contribution is -2.53. The summed E-state index contributed by atoms with van der Waals surface area (Å²) < 4.78 is 14.1. The molecule has 8 heteroatoms. The predicted octanol–water partition coefficient (Wildman–Crippen LogP) is 6.27. The fourth-order valence-corrected chi connectivity index (χ4v) is 5.99.